The molecule has 0 aromatic heterocycles. The first-order valence-electron chi connectivity index (χ1n) is 6.01. The molecule has 0 radical (unpaired) electrons. The molecule has 1 heterocycles. The van der Waals surface area contributed by atoms with Crippen LogP contribution in [0.25, 0.3) is 0 Å². The Hall–Kier alpha value is -0.590. The van der Waals surface area contributed by atoms with Gasteiger partial charge in [-0.3, -0.25) is 4.99 Å². The summed E-state index contributed by atoms with van der Waals surface area (Å²) in [4.78, 5) is 4.45. The maximum absolute atomic E-state index is 4.45. The number of hydrogen-bond acceptors (Lipinski definition) is 1. The molecule has 14 heavy (non-hydrogen) atoms. The molecule has 0 amide bonds. The predicted molar refractivity (Wildman–Crippen MR) is 64.0 cm³/mol. The molecular weight excluding hydrogens is 170 g/mol. The van der Waals surface area contributed by atoms with Gasteiger partial charge in [-0.05, 0) is 31.3 Å². The summed E-state index contributed by atoms with van der Waals surface area (Å²) < 4.78 is 0. The van der Waals surface area contributed by atoms with Gasteiger partial charge in [0.2, 0.25) is 0 Å². The van der Waals surface area contributed by atoms with E-state index in [0.29, 0.717) is 0 Å². The zero-order valence-corrected chi connectivity index (χ0v) is 9.84. The number of allylic oxidation sites excluding steroid dienone is 1. The first-order chi connectivity index (χ1) is 6.79. The highest BCUT2D eigenvalue weighted by molar-refractivity contribution is 6.00. The van der Waals surface area contributed by atoms with E-state index in [4.69, 9.17) is 0 Å². The van der Waals surface area contributed by atoms with Crippen LogP contribution in [0.4, 0.5) is 0 Å². The molecule has 0 N–H and O–H groups in total. The molecule has 0 spiro atoms. The summed E-state index contributed by atoms with van der Waals surface area (Å²) in [6.07, 6.45) is 8.96. The van der Waals surface area contributed by atoms with Gasteiger partial charge in [-0.1, -0.05) is 39.2 Å². The highest BCUT2D eigenvalue weighted by atomic mass is 14.7. The normalized spacial score (nSPS) is 17.9. The molecule has 1 aliphatic rings. The van der Waals surface area contributed by atoms with E-state index in [1.54, 1.807) is 5.57 Å². The van der Waals surface area contributed by atoms with Gasteiger partial charge in [0, 0.05) is 5.71 Å². The quantitative estimate of drug-likeness (QED) is 0.604. The van der Waals surface area contributed by atoms with Gasteiger partial charge in [0.25, 0.3) is 0 Å². The number of unbranched alkanes of at least 4 members (excludes halogenated alkanes) is 1. The van der Waals surface area contributed by atoms with Crippen molar-refractivity contribution in [3.63, 3.8) is 0 Å². The SMILES string of the molecule is CCCCC(CCC)C1=CCN=C1C. The Morgan fingerprint density at radius 2 is 2.07 bits per heavy atom. The van der Waals surface area contributed by atoms with E-state index in [9.17, 15) is 0 Å². The summed E-state index contributed by atoms with van der Waals surface area (Å²) in [6.45, 7) is 7.63. The van der Waals surface area contributed by atoms with E-state index in [1.165, 1.54) is 37.8 Å². The number of nitrogens with zero attached hydrogens (tertiary/aromatic N) is 1. The van der Waals surface area contributed by atoms with Crippen LogP contribution >= 0.6 is 0 Å². The minimum absolute atomic E-state index is 0.784. The summed E-state index contributed by atoms with van der Waals surface area (Å²) in [7, 11) is 0. The summed E-state index contributed by atoms with van der Waals surface area (Å²) in [6, 6.07) is 0. The minimum atomic E-state index is 0.784. The van der Waals surface area contributed by atoms with Crippen molar-refractivity contribution < 1.29 is 0 Å². The fraction of sp³-hybridized carbons (Fsp3) is 0.769. The third kappa shape index (κ3) is 2.97. The highest BCUT2D eigenvalue weighted by Crippen LogP contribution is 2.26. The van der Waals surface area contributed by atoms with Gasteiger partial charge >= 0.3 is 0 Å². The first-order valence-corrected chi connectivity index (χ1v) is 6.01. The van der Waals surface area contributed by atoms with Gasteiger partial charge in [0.1, 0.15) is 0 Å². The third-order valence-corrected chi connectivity index (χ3v) is 3.04. The summed E-state index contributed by atoms with van der Waals surface area (Å²) in [5.41, 5.74) is 2.83. The fourth-order valence-corrected chi connectivity index (χ4v) is 2.24. The number of hydrogen-bond donors (Lipinski definition) is 0. The largest absolute Gasteiger partial charge is 0.286 e. The van der Waals surface area contributed by atoms with Crippen molar-refractivity contribution in [3.05, 3.63) is 11.6 Å². The van der Waals surface area contributed by atoms with Crippen molar-refractivity contribution in [2.75, 3.05) is 6.54 Å². The Kier molecular flexibility index (Phi) is 4.92. The second kappa shape index (κ2) is 6.00. The van der Waals surface area contributed by atoms with E-state index in [2.05, 4.69) is 31.8 Å². The number of rotatable bonds is 6. The van der Waals surface area contributed by atoms with Crippen molar-refractivity contribution in [3.8, 4) is 0 Å². The van der Waals surface area contributed by atoms with E-state index < -0.39 is 0 Å². The van der Waals surface area contributed by atoms with E-state index in [0.717, 1.165) is 12.5 Å². The average Bonchev–Trinajstić information content (AvgIpc) is 2.59. The maximum Gasteiger partial charge on any atom is 0.0579 e. The van der Waals surface area contributed by atoms with Gasteiger partial charge in [-0.25, -0.2) is 0 Å². The van der Waals surface area contributed by atoms with Crippen LogP contribution in [0, 0.1) is 5.92 Å². The second-order valence-electron chi connectivity index (χ2n) is 4.21. The van der Waals surface area contributed by atoms with Crippen molar-refractivity contribution >= 4 is 5.71 Å². The molecule has 0 bridgehead atoms. The Morgan fingerprint density at radius 1 is 1.29 bits per heavy atom. The molecule has 0 saturated carbocycles. The molecule has 1 atom stereocenters. The Morgan fingerprint density at radius 3 is 2.57 bits per heavy atom. The smallest absolute Gasteiger partial charge is 0.0579 e. The summed E-state index contributed by atoms with van der Waals surface area (Å²) in [5.74, 6) is 0.784. The Bertz CT molecular complexity index is 225. The molecule has 0 aromatic rings. The van der Waals surface area contributed by atoms with Gasteiger partial charge in [-0.15, -0.1) is 0 Å². The van der Waals surface area contributed by atoms with E-state index >= 15 is 0 Å². The molecule has 0 aromatic carbocycles. The summed E-state index contributed by atoms with van der Waals surface area (Å²) >= 11 is 0. The van der Waals surface area contributed by atoms with Crippen LogP contribution in [-0.4, -0.2) is 12.3 Å². The van der Waals surface area contributed by atoms with Crippen molar-refractivity contribution in [2.24, 2.45) is 10.9 Å². The molecular formula is C13H23N. The standard InChI is InChI=1S/C13H23N/c1-4-6-8-12(7-5-2)13-9-10-14-11(13)3/h9,12H,4-8,10H2,1-3H3. The Balaban J connectivity index is 2.53. The zero-order chi connectivity index (χ0) is 10.4. The fourth-order valence-electron chi connectivity index (χ4n) is 2.24. The molecule has 1 nitrogen and oxygen atoms in total. The molecule has 0 aliphatic carbocycles. The minimum Gasteiger partial charge on any atom is -0.286 e. The summed E-state index contributed by atoms with van der Waals surface area (Å²) in [5, 5.41) is 0. The van der Waals surface area contributed by atoms with Crippen LogP contribution in [-0.2, 0) is 0 Å². The molecule has 0 saturated heterocycles. The lowest BCUT2D eigenvalue weighted by Gasteiger charge is -2.17. The zero-order valence-electron chi connectivity index (χ0n) is 9.84. The van der Waals surface area contributed by atoms with Crippen LogP contribution in [0.2, 0.25) is 0 Å². The third-order valence-electron chi connectivity index (χ3n) is 3.04. The monoisotopic (exact) mass is 193 g/mol. The van der Waals surface area contributed by atoms with Crippen LogP contribution in [0.15, 0.2) is 16.6 Å². The van der Waals surface area contributed by atoms with E-state index in [-0.39, 0.29) is 0 Å². The number of aliphatic imine (C=N–C) groups is 1. The maximum atomic E-state index is 4.45. The van der Waals surface area contributed by atoms with Gasteiger partial charge in [0.15, 0.2) is 0 Å². The van der Waals surface area contributed by atoms with Crippen molar-refractivity contribution in [1.82, 2.24) is 0 Å². The van der Waals surface area contributed by atoms with Crippen LogP contribution in [0.5, 0.6) is 0 Å². The molecule has 1 aliphatic heterocycles. The lowest BCUT2D eigenvalue weighted by atomic mass is 9.87. The Labute approximate surface area is 88.3 Å². The molecule has 1 unspecified atom stereocenters. The molecule has 0 fully saturated rings. The van der Waals surface area contributed by atoms with Gasteiger partial charge in [-0.2, -0.15) is 0 Å². The van der Waals surface area contributed by atoms with Crippen LogP contribution < -0.4 is 0 Å². The second-order valence-corrected chi connectivity index (χ2v) is 4.21. The van der Waals surface area contributed by atoms with Gasteiger partial charge < -0.3 is 0 Å². The molecule has 80 valence electrons. The average molecular weight is 193 g/mol. The lowest BCUT2D eigenvalue weighted by molar-refractivity contribution is 0.501. The lowest BCUT2D eigenvalue weighted by Crippen LogP contribution is -2.09. The van der Waals surface area contributed by atoms with Crippen molar-refractivity contribution in [2.45, 2.75) is 52.9 Å². The van der Waals surface area contributed by atoms with Crippen LogP contribution in [0.1, 0.15) is 52.9 Å². The predicted octanol–water partition coefficient (Wildman–Crippen LogP) is 3.99. The topological polar surface area (TPSA) is 12.4 Å². The molecule has 1 heteroatoms. The van der Waals surface area contributed by atoms with Gasteiger partial charge in [0.05, 0.1) is 6.54 Å². The molecule has 1 rings (SSSR count). The highest BCUT2D eigenvalue weighted by Gasteiger charge is 2.17. The van der Waals surface area contributed by atoms with E-state index in [1.807, 2.05) is 0 Å². The first kappa shape index (κ1) is 11.5. The van der Waals surface area contributed by atoms with Crippen molar-refractivity contribution in [1.29, 1.82) is 0 Å². The van der Waals surface area contributed by atoms with Crippen LogP contribution in [0.3, 0.4) is 0 Å².